The van der Waals surface area contributed by atoms with Crippen LogP contribution in [0.2, 0.25) is 0 Å². The third kappa shape index (κ3) is 3.93. The minimum Gasteiger partial charge on any atom is -0.508 e. The van der Waals surface area contributed by atoms with Crippen molar-refractivity contribution in [1.29, 1.82) is 0 Å². The number of carbonyl (C=O) groups is 1. The predicted molar refractivity (Wildman–Crippen MR) is 103 cm³/mol. The van der Waals surface area contributed by atoms with Crippen LogP contribution in [0.15, 0.2) is 60.8 Å². The molecular formula is C22H22N2O3. The van der Waals surface area contributed by atoms with Crippen molar-refractivity contribution in [3.05, 3.63) is 71.9 Å². The van der Waals surface area contributed by atoms with Crippen LogP contribution in [0, 0.1) is 5.92 Å². The smallest absolute Gasteiger partial charge is 0.224 e. The Hall–Kier alpha value is -2.92. The number of aliphatic hydroxyl groups excluding tert-OH is 1. The van der Waals surface area contributed by atoms with E-state index in [1.54, 1.807) is 18.2 Å². The fraction of sp³-hybridized carbons (Fsp3) is 0.273. The molecule has 138 valence electrons. The molecule has 3 N–H and O–H groups in total. The van der Waals surface area contributed by atoms with Gasteiger partial charge in [-0.25, -0.2) is 0 Å². The van der Waals surface area contributed by atoms with Gasteiger partial charge in [-0.3, -0.25) is 9.78 Å². The second kappa shape index (κ2) is 7.37. The Morgan fingerprint density at radius 3 is 2.74 bits per heavy atom. The molecule has 27 heavy (non-hydrogen) atoms. The molecule has 1 aliphatic carbocycles. The van der Waals surface area contributed by atoms with Crippen LogP contribution in [0.4, 0.5) is 0 Å². The third-order valence-corrected chi connectivity index (χ3v) is 5.18. The maximum atomic E-state index is 12.6. The van der Waals surface area contributed by atoms with Crippen molar-refractivity contribution in [1.82, 2.24) is 10.3 Å². The quantitative estimate of drug-likeness (QED) is 0.651. The first-order valence-electron chi connectivity index (χ1n) is 9.18. The standard InChI is InChI=1S/C22H22N2O3/c25-18-6-3-4-14(8-18)9-21(27)24-22(16-11-19(26)12-16)17-10-15-5-1-2-7-20(15)23-13-17/h1-8,10,13,16,19,22,25-26H,9,11-12H2,(H,24,27)/t16?,19?,22-/m0/s1. The van der Waals surface area contributed by atoms with Gasteiger partial charge in [0.25, 0.3) is 0 Å². The van der Waals surface area contributed by atoms with E-state index in [9.17, 15) is 15.0 Å². The molecule has 0 spiro atoms. The van der Waals surface area contributed by atoms with Crippen LogP contribution in [-0.4, -0.2) is 27.2 Å². The lowest BCUT2D eigenvalue weighted by molar-refractivity contribution is -0.122. The van der Waals surface area contributed by atoms with E-state index in [0.717, 1.165) is 22.0 Å². The minimum absolute atomic E-state index is 0.111. The fourth-order valence-electron chi connectivity index (χ4n) is 3.71. The van der Waals surface area contributed by atoms with Crippen molar-refractivity contribution in [2.45, 2.75) is 31.4 Å². The highest BCUT2D eigenvalue weighted by Crippen LogP contribution is 2.38. The van der Waals surface area contributed by atoms with Crippen molar-refractivity contribution in [3.8, 4) is 5.75 Å². The zero-order chi connectivity index (χ0) is 18.8. The van der Waals surface area contributed by atoms with Crippen molar-refractivity contribution in [2.75, 3.05) is 0 Å². The Labute approximate surface area is 157 Å². The number of aliphatic hydroxyl groups is 1. The molecule has 5 heteroatoms. The zero-order valence-corrected chi connectivity index (χ0v) is 14.9. The van der Waals surface area contributed by atoms with Crippen molar-refractivity contribution >= 4 is 16.8 Å². The van der Waals surface area contributed by atoms with Crippen LogP contribution >= 0.6 is 0 Å². The van der Waals surface area contributed by atoms with Gasteiger partial charge in [0.1, 0.15) is 5.75 Å². The van der Waals surface area contributed by atoms with Gasteiger partial charge < -0.3 is 15.5 Å². The summed E-state index contributed by atoms with van der Waals surface area (Å²) in [5.74, 6) is 0.230. The Balaban J connectivity index is 1.56. The second-order valence-corrected chi connectivity index (χ2v) is 7.24. The van der Waals surface area contributed by atoms with Gasteiger partial charge in [0.15, 0.2) is 0 Å². The molecule has 5 nitrogen and oxygen atoms in total. The van der Waals surface area contributed by atoms with E-state index >= 15 is 0 Å². The first-order chi connectivity index (χ1) is 13.1. The van der Waals surface area contributed by atoms with Gasteiger partial charge in [-0.15, -0.1) is 0 Å². The van der Waals surface area contributed by atoms with E-state index < -0.39 is 0 Å². The average Bonchev–Trinajstić information content (AvgIpc) is 2.63. The number of para-hydroxylation sites is 1. The second-order valence-electron chi connectivity index (χ2n) is 7.24. The van der Waals surface area contributed by atoms with Gasteiger partial charge in [0, 0.05) is 11.6 Å². The summed E-state index contributed by atoms with van der Waals surface area (Å²) in [7, 11) is 0. The largest absolute Gasteiger partial charge is 0.508 e. The van der Waals surface area contributed by atoms with Gasteiger partial charge in [-0.1, -0.05) is 30.3 Å². The number of phenolic OH excluding ortho intramolecular Hbond substituents is 1. The van der Waals surface area contributed by atoms with E-state index in [4.69, 9.17) is 0 Å². The third-order valence-electron chi connectivity index (χ3n) is 5.18. The number of aromatic hydroxyl groups is 1. The molecule has 1 aliphatic rings. The molecule has 1 saturated carbocycles. The molecule has 2 aromatic carbocycles. The Morgan fingerprint density at radius 2 is 1.96 bits per heavy atom. The molecule has 0 aliphatic heterocycles. The molecule has 0 bridgehead atoms. The number of carbonyl (C=O) groups excluding carboxylic acids is 1. The predicted octanol–water partition coefficient (Wildman–Crippen LogP) is 3.11. The summed E-state index contributed by atoms with van der Waals surface area (Å²) in [5, 5.41) is 23.5. The number of rotatable bonds is 5. The van der Waals surface area contributed by atoms with Crippen LogP contribution in [0.1, 0.15) is 30.0 Å². The Bertz CT molecular complexity index is 966. The van der Waals surface area contributed by atoms with E-state index in [2.05, 4.69) is 16.4 Å². The summed E-state index contributed by atoms with van der Waals surface area (Å²) in [6.45, 7) is 0. The number of phenols is 1. The van der Waals surface area contributed by atoms with E-state index in [1.165, 1.54) is 0 Å². The summed E-state index contributed by atoms with van der Waals surface area (Å²) in [6.07, 6.45) is 3.05. The zero-order valence-electron chi connectivity index (χ0n) is 14.9. The van der Waals surface area contributed by atoms with Crippen LogP contribution in [0.3, 0.4) is 0 Å². The summed E-state index contributed by atoms with van der Waals surface area (Å²) in [4.78, 5) is 17.1. The molecule has 0 unspecified atom stereocenters. The van der Waals surface area contributed by atoms with Crippen LogP contribution in [-0.2, 0) is 11.2 Å². The topological polar surface area (TPSA) is 82.5 Å². The van der Waals surface area contributed by atoms with E-state index in [0.29, 0.717) is 12.8 Å². The summed E-state index contributed by atoms with van der Waals surface area (Å²) in [6, 6.07) is 16.5. The molecule has 1 aromatic heterocycles. The number of hydrogen-bond acceptors (Lipinski definition) is 4. The lowest BCUT2D eigenvalue weighted by Crippen LogP contribution is -2.41. The molecule has 0 saturated heterocycles. The van der Waals surface area contributed by atoms with Gasteiger partial charge in [0.2, 0.25) is 5.91 Å². The first-order valence-corrected chi connectivity index (χ1v) is 9.18. The van der Waals surface area contributed by atoms with Crippen molar-refractivity contribution in [2.24, 2.45) is 5.92 Å². The van der Waals surface area contributed by atoms with E-state index in [-0.39, 0.29) is 36.1 Å². The molecular weight excluding hydrogens is 340 g/mol. The molecule has 1 atom stereocenters. The highest BCUT2D eigenvalue weighted by atomic mass is 16.3. The molecule has 3 aromatic rings. The number of nitrogens with zero attached hydrogens (tertiary/aromatic N) is 1. The maximum absolute atomic E-state index is 12.6. The number of hydrogen-bond donors (Lipinski definition) is 3. The number of aromatic nitrogens is 1. The molecule has 0 radical (unpaired) electrons. The lowest BCUT2D eigenvalue weighted by atomic mass is 9.75. The molecule has 1 amide bonds. The summed E-state index contributed by atoms with van der Waals surface area (Å²) < 4.78 is 0. The van der Waals surface area contributed by atoms with Crippen LogP contribution in [0.5, 0.6) is 5.75 Å². The lowest BCUT2D eigenvalue weighted by Gasteiger charge is -2.38. The highest BCUT2D eigenvalue weighted by molar-refractivity contribution is 5.81. The molecule has 4 rings (SSSR count). The van der Waals surface area contributed by atoms with Gasteiger partial charge >= 0.3 is 0 Å². The summed E-state index contributed by atoms with van der Waals surface area (Å²) in [5.41, 5.74) is 2.63. The molecule has 1 heterocycles. The normalized spacial score (nSPS) is 20.0. The van der Waals surface area contributed by atoms with Gasteiger partial charge in [-0.05, 0) is 54.2 Å². The average molecular weight is 362 g/mol. The number of benzene rings is 2. The van der Waals surface area contributed by atoms with Crippen LogP contribution < -0.4 is 5.32 Å². The monoisotopic (exact) mass is 362 g/mol. The van der Waals surface area contributed by atoms with E-state index in [1.807, 2.05) is 36.5 Å². The van der Waals surface area contributed by atoms with Crippen molar-refractivity contribution in [3.63, 3.8) is 0 Å². The SMILES string of the molecule is O=C(Cc1cccc(O)c1)N[C@H](c1cnc2ccccc2c1)C1CC(O)C1. The Morgan fingerprint density at radius 1 is 1.15 bits per heavy atom. The maximum Gasteiger partial charge on any atom is 0.224 e. The highest BCUT2D eigenvalue weighted by Gasteiger charge is 2.35. The first kappa shape index (κ1) is 17.5. The van der Waals surface area contributed by atoms with Gasteiger partial charge in [-0.2, -0.15) is 0 Å². The van der Waals surface area contributed by atoms with Crippen molar-refractivity contribution < 1.29 is 15.0 Å². The summed E-state index contributed by atoms with van der Waals surface area (Å²) >= 11 is 0. The van der Waals surface area contributed by atoms with Gasteiger partial charge in [0.05, 0.1) is 24.1 Å². The molecule has 1 fully saturated rings. The minimum atomic E-state index is -0.297. The Kier molecular flexibility index (Phi) is 4.77. The number of nitrogens with one attached hydrogen (secondary N) is 1. The number of pyridine rings is 1. The number of amides is 1. The number of fused-ring (bicyclic) bond motifs is 1. The fourth-order valence-corrected chi connectivity index (χ4v) is 3.71. The van der Waals surface area contributed by atoms with Crippen LogP contribution in [0.25, 0.3) is 10.9 Å².